The molecule has 0 spiro atoms. The highest BCUT2D eigenvalue weighted by molar-refractivity contribution is 7.86. The zero-order valence-electron chi connectivity index (χ0n) is 13.2. The van der Waals surface area contributed by atoms with Crippen molar-refractivity contribution in [1.29, 1.82) is 0 Å². The van der Waals surface area contributed by atoms with E-state index in [0.717, 1.165) is 0 Å². The summed E-state index contributed by atoms with van der Waals surface area (Å²) >= 11 is 0. The molecule has 0 atom stereocenters. The Labute approximate surface area is 134 Å². The van der Waals surface area contributed by atoms with Crippen molar-refractivity contribution < 1.29 is 27.9 Å². The molecule has 7 heteroatoms. The van der Waals surface area contributed by atoms with Gasteiger partial charge in [0.2, 0.25) is 0 Å². The second-order valence-corrected chi connectivity index (χ2v) is 6.83. The van der Waals surface area contributed by atoms with Crippen LogP contribution in [0.15, 0.2) is 23.1 Å². The van der Waals surface area contributed by atoms with Crippen LogP contribution in [0, 0.1) is 27.7 Å². The molecule has 23 heavy (non-hydrogen) atoms. The van der Waals surface area contributed by atoms with Crippen molar-refractivity contribution in [2.75, 3.05) is 0 Å². The van der Waals surface area contributed by atoms with Crippen molar-refractivity contribution in [3.05, 3.63) is 40.5 Å². The van der Waals surface area contributed by atoms with Crippen LogP contribution < -0.4 is 4.74 Å². The fraction of sp³-hybridized carbons (Fsp3) is 0.250. The van der Waals surface area contributed by atoms with Crippen LogP contribution in [-0.2, 0) is 10.1 Å². The number of phenols is 2. The fourth-order valence-corrected chi connectivity index (χ4v) is 3.16. The van der Waals surface area contributed by atoms with Crippen molar-refractivity contribution in [3.63, 3.8) is 0 Å². The molecule has 0 aliphatic heterocycles. The van der Waals surface area contributed by atoms with E-state index in [4.69, 9.17) is 4.74 Å². The van der Waals surface area contributed by atoms with Gasteiger partial charge in [-0.2, -0.15) is 8.42 Å². The Morgan fingerprint density at radius 3 is 2.00 bits per heavy atom. The van der Waals surface area contributed by atoms with Crippen LogP contribution in [0.2, 0.25) is 0 Å². The van der Waals surface area contributed by atoms with Gasteiger partial charge in [-0.05, 0) is 62.6 Å². The minimum atomic E-state index is -4.60. The van der Waals surface area contributed by atoms with Crippen molar-refractivity contribution in [2.24, 2.45) is 0 Å². The average Bonchev–Trinajstić information content (AvgIpc) is 2.40. The third-order valence-corrected chi connectivity index (χ3v) is 4.63. The highest BCUT2D eigenvalue weighted by atomic mass is 32.2. The zero-order valence-corrected chi connectivity index (χ0v) is 14.0. The Morgan fingerprint density at radius 1 is 0.870 bits per heavy atom. The molecular formula is C16H18O6S. The predicted molar refractivity (Wildman–Crippen MR) is 85.1 cm³/mol. The number of ether oxygens (including phenoxy) is 1. The highest BCUT2D eigenvalue weighted by Crippen LogP contribution is 2.39. The molecule has 0 fully saturated rings. The van der Waals surface area contributed by atoms with Gasteiger partial charge in [-0.25, -0.2) is 0 Å². The quantitative estimate of drug-likeness (QED) is 0.741. The van der Waals surface area contributed by atoms with E-state index in [1.165, 1.54) is 26.0 Å². The molecule has 0 saturated carbocycles. The summed E-state index contributed by atoms with van der Waals surface area (Å²) < 4.78 is 38.1. The van der Waals surface area contributed by atoms with Crippen molar-refractivity contribution >= 4 is 10.1 Å². The third-order valence-electron chi connectivity index (χ3n) is 3.62. The molecule has 124 valence electrons. The smallest absolute Gasteiger partial charge is 0.298 e. The summed E-state index contributed by atoms with van der Waals surface area (Å²) in [6.45, 7) is 6.38. The van der Waals surface area contributed by atoms with Crippen molar-refractivity contribution in [2.45, 2.75) is 32.6 Å². The molecule has 2 rings (SSSR count). The second-order valence-electron chi connectivity index (χ2n) is 5.48. The maximum absolute atomic E-state index is 11.5. The van der Waals surface area contributed by atoms with Crippen molar-refractivity contribution in [1.82, 2.24) is 0 Å². The molecule has 2 aromatic rings. The molecule has 0 bridgehead atoms. The first-order valence-corrected chi connectivity index (χ1v) is 8.25. The van der Waals surface area contributed by atoms with Gasteiger partial charge in [0, 0.05) is 5.56 Å². The Morgan fingerprint density at radius 2 is 1.43 bits per heavy atom. The molecule has 0 aliphatic rings. The minimum Gasteiger partial charge on any atom is -0.508 e. The first-order valence-electron chi connectivity index (χ1n) is 6.81. The van der Waals surface area contributed by atoms with E-state index in [1.54, 1.807) is 19.9 Å². The largest absolute Gasteiger partial charge is 0.508 e. The Bertz CT molecular complexity index is 884. The van der Waals surface area contributed by atoms with Crippen LogP contribution >= 0.6 is 0 Å². The lowest BCUT2D eigenvalue weighted by Gasteiger charge is -2.16. The van der Waals surface area contributed by atoms with Gasteiger partial charge in [0.1, 0.15) is 27.9 Å². The SMILES string of the molecule is Cc1cc(Oc2cc(C)c(O)c(S(=O)(=O)O)c2C)c(C)cc1O. The first kappa shape index (κ1) is 17.1. The maximum atomic E-state index is 11.5. The molecule has 0 unspecified atom stereocenters. The van der Waals surface area contributed by atoms with E-state index < -0.39 is 20.8 Å². The van der Waals surface area contributed by atoms with Crippen molar-refractivity contribution in [3.8, 4) is 23.0 Å². The molecular weight excluding hydrogens is 320 g/mol. The first-order chi connectivity index (χ1) is 10.5. The molecule has 0 radical (unpaired) electrons. The summed E-state index contributed by atoms with van der Waals surface area (Å²) in [5.74, 6) is 0.263. The van der Waals surface area contributed by atoms with Gasteiger partial charge in [0.05, 0.1) is 0 Å². The summed E-state index contributed by atoms with van der Waals surface area (Å²) in [5, 5.41) is 19.6. The predicted octanol–water partition coefficient (Wildman–Crippen LogP) is 3.37. The number of benzene rings is 2. The average molecular weight is 338 g/mol. The lowest BCUT2D eigenvalue weighted by Crippen LogP contribution is -2.04. The fourth-order valence-electron chi connectivity index (χ4n) is 2.27. The standard InChI is InChI=1S/C16H18O6S/c1-8-6-13(9(2)5-12(8)17)22-14-7-10(3)15(18)16(11(14)4)23(19,20)21/h5-7,17-18H,1-4H3,(H,19,20,21). The van der Waals surface area contributed by atoms with Crippen LogP contribution in [0.4, 0.5) is 0 Å². The van der Waals surface area contributed by atoms with Gasteiger partial charge < -0.3 is 14.9 Å². The third kappa shape index (κ3) is 3.25. The van der Waals surface area contributed by atoms with Gasteiger partial charge in [-0.3, -0.25) is 4.55 Å². The molecule has 2 aromatic carbocycles. The molecule has 0 saturated heterocycles. The van der Waals surface area contributed by atoms with Crippen LogP contribution in [0.5, 0.6) is 23.0 Å². The second kappa shape index (κ2) is 5.75. The molecule has 0 amide bonds. The van der Waals surface area contributed by atoms with E-state index in [9.17, 15) is 23.2 Å². The zero-order chi connectivity index (χ0) is 17.5. The number of phenolic OH excluding ortho intramolecular Hbond substituents is 2. The normalized spacial score (nSPS) is 11.5. The number of aryl methyl sites for hydroxylation is 3. The summed E-state index contributed by atoms with van der Waals surface area (Å²) in [7, 11) is -4.60. The molecule has 0 aliphatic carbocycles. The Balaban J connectivity index is 2.63. The lowest BCUT2D eigenvalue weighted by atomic mass is 10.1. The van der Waals surface area contributed by atoms with E-state index >= 15 is 0 Å². The van der Waals surface area contributed by atoms with Gasteiger partial charge in [-0.1, -0.05) is 0 Å². The van der Waals surface area contributed by atoms with E-state index in [0.29, 0.717) is 16.9 Å². The van der Waals surface area contributed by atoms with Crippen LogP contribution in [0.3, 0.4) is 0 Å². The number of hydrogen-bond acceptors (Lipinski definition) is 5. The minimum absolute atomic E-state index is 0.0979. The summed E-state index contributed by atoms with van der Waals surface area (Å²) in [4.78, 5) is -0.569. The summed E-state index contributed by atoms with van der Waals surface area (Å²) in [5.41, 5.74) is 1.62. The van der Waals surface area contributed by atoms with E-state index in [-0.39, 0.29) is 22.6 Å². The highest BCUT2D eigenvalue weighted by Gasteiger charge is 2.24. The number of aromatic hydroxyl groups is 2. The Hall–Kier alpha value is -2.25. The number of rotatable bonds is 3. The molecule has 6 nitrogen and oxygen atoms in total. The summed E-state index contributed by atoms with van der Waals surface area (Å²) in [6.07, 6.45) is 0. The molecule has 0 heterocycles. The van der Waals surface area contributed by atoms with Gasteiger partial charge in [0.15, 0.2) is 0 Å². The van der Waals surface area contributed by atoms with Gasteiger partial charge >= 0.3 is 0 Å². The maximum Gasteiger partial charge on any atom is 0.298 e. The van der Waals surface area contributed by atoms with Crippen LogP contribution in [-0.4, -0.2) is 23.2 Å². The van der Waals surface area contributed by atoms with Crippen LogP contribution in [0.1, 0.15) is 22.3 Å². The molecule has 0 aromatic heterocycles. The lowest BCUT2D eigenvalue weighted by molar-refractivity contribution is 0.427. The van der Waals surface area contributed by atoms with Gasteiger partial charge in [-0.15, -0.1) is 0 Å². The summed E-state index contributed by atoms with van der Waals surface area (Å²) in [6, 6.07) is 4.65. The topological polar surface area (TPSA) is 104 Å². The monoisotopic (exact) mass is 338 g/mol. The number of hydrogen-bond donors (Lipinski definition) is 3. The van der Waals surface area contributed by atoms with E-state index in [2.05, 4.69) is 0 Å². The molecule has 3 N–H and O–H groups in total. The Kier molecular flexibility index (Phi) is 4.28. The van der Waals surface area contributed by atoms with Gasteiger partial charge in [0.25, 0.3) is 10.1 Å². The van der Waals surface area contributed by atoms with E-state index in [1.807, 2.05) is 0 Å². The van der Waals surface area contributed by atoms with Crippen LogP contribution in [0.25, 0.3) is 0 Å².